The molecule has 0 heterocycles. The first-order valence-electron chi connectivity index (χ1n) is 11.5. The lowest BCUT2D eigenvalue weighted by molar-refractivity contribution is 0.550. The van der Waals surface area contributed by atoms with Crippen molar-refractivity contribution in [2.75, 3.05) is 0 Å². The Balaban J connectivity index is 1.78. The summed E-state index contributed by atoms with van der Waals surface area (Å²) in [5, 5.41) is 1.47. The largest absolute Gasteiger partial charge is 0.0843 e. The summed E-state index contributed by atoms with van der Waals surface area (Å²) in [6.45, 7) is 0. The van der Waals surface area contributed by atoms with Crippen LogP contribution >= 0.6 is 23.2 Å². The van der Waals surface area contributed by atoms with Crippen molar-refractivity contribution in [3.8, 4) is 11.1 Å². The van der Waals surface area contributed by atoms with Gasteiger partial charge in [-0.1, -0.05) is 126 Å². The predicted octanol–water partition coefficient (Wildman–Crippen LogP) is 9.14. The Morgan fingerprint density at radius 2 is 0.853 bits per heavy atom. The Labute approximate surface area is 210 Å². The molecule has 5 aromatic carbocycles. The highest BCUT2D eigenvalue weighted by atomic mass is 35.5. The normalized spacial score (nSPS) is 13.5. The maximum Gasteiger partial charge on any atom is 0.0572 e. The molecule has 6 rings (SSSR count). The van der Waals surface area contributed by atoms with Gasteiger partial charge in [0.05, 0.1) is 5.41 Å². The molecule has 2 heteroatoms. The van der Waals surface area contributed by atoms with Gasteiger partial charge in [0.25, 0.3) is 0 Å². The molecular weight excluding hydrogens is 455 g/mol. The average Bonchev–Trinajstić information content (AvgIpc) is 3.18. The minimum absolute atomic E-state index is 0.00855. The molecule has 5 aromatic rings. The molecule has 1 aliphatic rings. The first-order valence-corrected chi connectivity index (χ1v) is 12.2. The fraction of sp³-hybridized carbons (Fsp3) is 0.0625. The van der Waals surface area contributed by atoms with Gasteiger partial charge < -0.3 is 0 Å². The predicted molar refractivity (Wildman–Crippen MR) is 143 cm³/mol. The molecule has 0 radical (unpaired) electrons. The molecule has 0 bridgehead atoms. The molecule has 0 aromatic heterocycles. The van der Waals surface area contributed by atoms with Crippen LogP contribution in [0, 0.1) is 0 Å². The van der Waals surface area contributed by atoms with Gasteiger partial charge in [0, 0.05) is 16.0 Å². The van der Waals surface area contributed by atoms with Crippen LogP contribution in [0.1, 0.15) is 33.7 Å². The Hall–Kier alpha value is -3.32. The Morgan fingerprint density at radius 3 is 1.32 bits per heavy atom. The standard InChI is InChI=1S/C32H22Cl2/c33-25-18-14-22(15-19-25)31(23-16-20-26(34)21-17-23)32(24-8-2-1-3-9-24)29-12-6-4-10-27(29)28-11-5-7-13-30(28)32/h1-21,31H. The zero-order valence-electron chi connectivity index (χ0n) is 18.5. The lowest BCUT2D eigenvalue weighted by atomic mass is 9.60. The fourth-order valence-corrected chi connectivity index (χ4v) is 6.01. The molecule has 0 fully saturated rings. The van der Waals surface area contributed by atoms with Crippen molar-refractivity contribution in [1.82, 2.24) is 0 Å². The lowest BCUT2D eigenvalue weighted by Gasteiger charge is -2.41. The molecule has 0 nitrogen and oxygen atoms in total. The highest BCUT2D eigenvalue weighted by Gasteiger charge is 2.50. The van der Waals surface area contributed by atoms with Gasteiger partial charge in [-0.15, -0.1) is 0 Å². The zero-order valence-corrected chi connectivity index (χ0v) is 20.0. The second-order valence-corrected chi connectivity index (χ2v) is 9.67. The molecule has 0 amide bonds. The monoisotopic (exact) mass is 476 g/mol. The molecule has 0 aliphatic heterocycles. The quantitative estimate of drug-likeness (QED) is 0.242. The minimum Gasteiger partial charge on any atom is -0.0843 e. The van der Waals surface area contributed by atoms with Crippen LogP contribution in [0.3, 0.4) is 0 Å². The van der Waals surface area contributed by atoms with Crippen LogP contribution in [-0.2, 0) is 5.41 Å². The average molecular weight is 477 g/mol. The number of fused-ring (bicyclic) bond motifs is 3. The second kappa shape index (κ2) is 8.47. The smallest absolute Gasteiger partial charge is 0.0572 e. The maximum atomic E-state index is 6.34. The van der Waals surface area contributed by atoms with Gasteiger partial charge in [0.15, 0.2) is 0 Å². The topological polar surface area (TPSA) is 0 Å². The highest BCUT2D eigenvalue weighted by molar-refractivity contribution is 6.30. The van der Waals surface area contributed by atoms with E-state index >= 15 is 0 Å². The van der Waals surface area contributed by atoms with Crippen LogP contribution in [0.25, 0.3) is 11.1 Å². The van der Waals surface area contributed by atoms with Gasteiger partial charge in [-0.25, -0.2) is 0 Å². The van der Waals surface area contributed by atoms with Crippen LogP contribution in [-0.4, -0.2) is 0 Å². The van der Waals surface area contributed by atoms with Crippen LogP contribution in [0.4, 0.5) is 0 Å². The van der Waals surface area contributed by atoms with E-state index < -0.39 is 5.41 Å². The Bertz CT molecular complexity index is 1360. The van der Waals surface area contributed by atoms with Crippen LogP contribution < -0.4 is 0 Å². The maximum absolute atomic E-state index is 6.34. The summed E-state index contributed by atoms with van der Waals surface area (Å²) in [4.78, 5) is 0. The van der Waals surface area contributed by atoms with E-state index in [0.29, 0.717) is 0 Å². The molecule has 34 heavy (non-hydrogen) atoms. The molecule has 0 atom stereocenters. The third-order valence-electron chi connectivity index (χ3n) is 7.06. The highest BCUT2D eigenvalue weighted by Crippen LogP contribution is 2.60. The van der Waals surface area contributed by atoms with Crippen LogP contribution in [0.2, 0.25) is 10.0 Å². The molecule has 164 valence electrons. The molecular formula is C32H22Cl2. The third-order valence-corrected chi connectivity index (χ3v) is 7.57. The molecule has 0 saturated carbocycles. The van der Waals surface area contributed by atoms with Crippen molar-refractivity contribution in [2.24, 2.45) is 0 Å². The summed E-state index contributed by atoms with van der Waals surface area (Å²) in [5.41, 5.74) is 8.47. The van der Waals surface area contributed by atoms with Gasteiger partial charge in [0.2, 0.25) is 0 Å². The first kappa shape index (κ1) is 21.2. The van der Waals surface area contributed by atoms with Gasteiger partial charge in [-0.2, -0.15) is 0 Å². The van der Waals surface area contributed by atoms with E-state index in [-0.39, 0.29) is 5.92 Å². The lowest BCUT2D eigenvalue weighted by Crippen LogP contribution is -2.35. The van der Waals surface area contributed by atoms with Crippen molar-refractivity contribution in [2.45, 2.75) is 11.3 Å². The first-order chi connectivity index (χ1) is 16.7. The van der Waals surface area contributed by atoms with Gasteiger partial charge in [-0.05, 0) is 63.2 Å². The number of rotatable bonds is 4. The summed E-state index contributed by atoms with van der Waals surface area (Å²) < 4.78 is 0. The van der Waals surface area contributed by atoms with Crippen molar-refractivity contribution >= 4 is 23.2 Å². The SMILES string of the molecule is Clc1ccc(C(c2ccc(Cl)cc2)C2(c3ccccc3)c3ccccc3-c3ccccc32)cc1. The van der Waals surface area contributed by atoms with E-state index in [4.69, 9.17) is 23.2 Å². The van der Waals surface area contributed by atoms with E-state index in [1.54, 1.807) is 0 Å². The molecule has 1 aliphatic carbocycles. The van der Waals surface area contributed by atoms with Crippen molar-refractivity contribution in [3.63, 3.8) is 0 Å². The summed E-state index contributed by atoms with van der Waals surface area (Å²) in [6.07, 6.45) is 0. The molecule has 0 N–H and O–H groups in total. The molecule has 0 saturated heterocycles. The number of halogens is 2. The van der Waals surface area contributed by atoms with E-state index in [1.807, 2.05) is 24.3 Å². The van der Waals surface area contributed by atoms with E-state index in [0.717, 1.165) is 10.0 Å². The number of benzene rings is 5. The summed E-state index contributed by atoms with van der Waals surface area (Å²) in [6, 6.07) is 45.2. The van der Waals surface area contributed by atoms with E-state index in [1.165, 1.54) is 38.9 Å². The fourth-order valence-electron chi connectivity index (χ4n) is 5.76. The van der Waals surface area contributed by atoms with Gasteiger partial charge >= 0.3 is 0 Å². The van der Waals surface area contributed by atoms with Crippen LogP contribution in [0.15, 0.2) is 127 Å². The summed E-state index contributed by atoms with van der Waals surface area (Å²) in [5.74, 6) is 0.00855. The second-order valence-electron chi connectivity index (χ2n) is 8.80. The van der Waals surface area contributed by atoms with E-state index in [2.05, 4.69) is 103 Å². The molecule has 0 unspecified atom stereocenters. The van der Waals surface area contributed by atoms with Crippen molar-refractivity contribution < 1.29 is 0 Å². The van der Waals surface area contributed by atoms with Crippen molar-refractivity contribution in [3.05, 3.63) is 165 Å². The summed E-state index contributed by atoms with van der Waals surface area (Å²) in [7, 11) is 0. The van der Waals surface area contributed by atoms with E-state index in [9.17, 15) is 0 Å². The van der Waals surface area contributed by atoms with Gasteiger partial charge in [0.1, 0.15) is 0 Å². The van der Waals surface area contributed by atoms with Gasteiger partial charge in [-0.3, -0.25) is 0 Å². The summed E-state index contributed by atoms with van der Waals surface area (Å²) >= 11 is 12.7. The Morgan fingerprint density at radius 1 is 0.441 bits per heavy atom. The third kappa shape index (κ3) is 3.21. The molecule has 0 spiro atoms. The number of hydrogen-bond acceptors (Lipinski definition) is 0. The Kier molecular flexibility index (Phi) is 5.29. The van der Waals surface area contributed by atoms with Crippen LogP contribution in [0.5, 0.6) is 0 Å². The number of hydrogen-bond donors (Lipinski definition) is 0. The minimum atomic E-state index is -0.421. The van der Waals surface area contributed by atoms with Crippen molar-refractivity contribution in [1.29, 1.82) is 0 Å². The zero-order chi connectivity index (χ0) is 23.1.